The Hall–Kier alpha value is -4.21. The van der Waals surface area contributed by atoms with Gasteiger partial charge in [-0.05, 0) is 55.3 Å². The molecule has 0 amide bonds. The van der Waals surface area contributed by atoms with E-state index in [2.05, 4.69) is 4.99 Å². The van der Waals surface area contributed by atoms with Crippen molar-refractivity contribution >= 4 is 51.7 Å². The maximum Gasteiger partial charge on any atom is 0.344 e. The summed E-state index contributed by atoms with van der Waals surface area (Å²) in [5, 5.41) is 2.18. The van der Waals surface area contributed by atoms with Gasteiger partial charge in [0.2, 0.25) is 0 Å². The van der Waals surface area contributed by atoms with E-state index in [0.717, 1.165) is 10.8 Å². The normalized spacial score (nSPS) is 14.9. The fourth-order valence-corrected chi connectivity index (χ4v) is 6.07. The summed E-state index contributed by atoms with van der Waals surface area (Å²) < 4.78 is 18.1. The first-order valence-electron chi connectivity index (χ1n) is 13.1. The average Bonchev–Trinajstić information content (AvgIpc) is 3.26. The molecule has 0 saturated carbocycles. The van der Waals surface area contributed by atoms with Crippen molar-refractivity contribution in [2.75, 3.05) is 19.8 Å². The highest BCUT2D eigenvalue weighted by Gasteiger charge is 2.34. The molecule has 41 heavy (non-hydrogen) atoms. The third-order valence-electron chi connectivity index (χ3n) is 6.57. The summed E-state index contributed by atoms with van der Waals surface area (Å²) in [4.78, 5) is 44.3. The molecule has 5 rings (SSSR count). The molecule has 0 bridgehead atoms. The minimum absolute atomic E-state index is 0.172. The Balaban J connectivity index is 1.73. The number of aromatic nitrogens is 1. The summed E-state index contributed by atoms with van der Waals surface area (Å²) in [6.45, 7) is 5.31. The number of thiazole rings is 1. The number of carbonyl (C=O) groups excluding carboxylic acids is 2. The predicted octanol–water partition coefficient (Wildman–Crippen LogP) is 4.55. The second-order valence-corrected chi connectivity index (χ2v) is 10.5. The Morgan fingerprint density at radius 1 is 1.02 bits per heavy atom. The maximum atomic E-state index is 14.1. The summed E-state index contributed by atoms with van der Waals surface area (Å²) in [5.74, 6) is -0.627. The first-order chi connectivity index (χ1) is 19.8. The standard InChI is InChI=1S/C31H27ClN2O6S/c1-4-38-26(35)17-40-24-15-14-19-10-6-7-11-20(19)22(24)16-25-29(36)34-28(21-12-8-9-13-23(21)32)27(30(37)39-5-2)18(3)33-31(34)41-25/h6-16,28H,4-5,17H2,1-3H3/b25-16-/t28-/m1/s1. The molecular weight excluding hydrogens is 564 g/mol. The van der Waals surface area contributed by atoms with Gasteiger partial charge >= 0.3 is 11.9 Å². The van der Waals surface area contributed by atoms with Crippen LogP contribution in [0.2, 0.25) is 5.02 Å². The zero-order valence-corrected chi connectivity index (χ0v) is 24.3. The van der Waals surface area contributed by atoms with Crippen molar-refractivity contribution in [3.05, 3.63) is 108 Å². The smallest absolute Gasteiger partial charge is 0.344 e. The molecule has 1 aliphatic heterocycles. The van der Waals surface area contributed by atoms with Crippen LogP contribution in [-0.2, 0) is 19.1 Å². The van der Waals surface area contributed by atoms with Crippen molar-refractivity contribution < 1.29 is 23.8 Å². The highest BCUT2D eigenvalue weighted by molar-refractivity contribution is 7.07. The largest absolute Gasteiger partial charge is 0.481 e. The Morgan fingerprint density at radius 2 is 1.76 bits per heavy atom. The van der Waals surface area contributed by atoms with Gasteiger partial charge in [-0.2, -0.15) is 0 Å². The van der Waals surface area contributed by atoms with E-state index in [1.165, 1.54) is 15.9 Å². The van der Waals surface area contributed by atoms with Crippen molar-refractivity contribution in [2.24, 2.45) is 4.99 Å². The van der Waals surface area contributed by atoms with E-state index < -0.39 is 18.0 Å². The average molecular weight is 591 g/mol. The third-order valence-corrected chi connectivity index (χ3v) is 7.90. The van der Waals surface area contributed by atoms with E-state index in [4.69, 9.17) is 25.8 Å². The third kappa shape index (κ3) is 5.55. The fourth-order valence-electron chi connectivity index (χ4n) is 4.80. The number of carbonyl (C=O) groups is 2. The van der Waals surface area contributed by atoms with Crippen LogP contribution in [-0.4, -0.2) is 36.3 Å². The summed E-state index contributed by atoms with van der Waals surface area (Å²) in [5.41, 5.74) is 1.57. The van der Waals surface area contributed by atoms with Gasteiger partial charge in [0.1, 0.15) is 11.8 Å². The van der Waals surface area contributed by atoms with Crippen molar-refractivity contribution in [2.45, 2.75) is 26.8 Å². The summed E-state index contributed by atoms with van der Waals surface area (Å²) in [6.07, 6.45) is 1.74. The van der Waals surface area contributed by atoms with Gasteiger partial charge in [0.25, 0.3) is 5.56 Å². The molecule has 0 spiro atoms. The Kier molecular flexibility index (Phi) is 8.37. The van der Waals surface area contributed by atoms with Crippen LogP contribution in [0.15, 0.2) is 81.7 Å². The zero-order valence-electron chi connectivity index (χ0n) is 22.7. The number of ether oxygens (including phenoxy) is 3. The minimum atomic E-state index is -0.826. The molecule has 0 radical (unpaired) electrons. The highest BCUT2D eigenvalue weighted by Crippen LogP contribution is 2.34. The predicted molar refractivity (Wildman–Crippen MR) is 158 cm³/mol. The fraction of sp³-hybridized carbons (Fsp3) is 0.226. The molecule has 10 heteroatoms. The van der Waals surface area contributed by atoms with Crippen LogP contribution < -0.4 is 19.6 Å². The summed E-state index contributed by atoms with van der Waals surface area (Å²) in [7, 11) is 0. The monoisotopic (exact) mass is 590 g/mol. The molecule has 0 fully saturated rings. The number of fused-ring (bicyclic) bond motifs is 2. The van der Waals surface area contributed by atoms with Crippen molar-refractivity contribution in [1.29, 1.82) is 0 Å². The van der Waals surface area contributed by atoms with E-state index in [1.807, 2.05) is 30.3 Å². The number of rotatable bonds is 8. The van der Waals surface area contributed by atoms with Crippen molar-refractivity contribution in [3.8, 4) is 5.75 Å². The number of allylic oxidation sites excluding steroid dienone is 1. The van der Waals surface area contributed by atoms with E-state index in [-0.39, 0.29) is 31.0 Å². The van der Waals surface area contributed by atoms with Gasteiger partial charge in [-0.3, -0.25) is 9.36 Å². The van der Waals surface area contributed by atoms with Crippen LogP contribution >= 0.6 is 22.9 Å². The zero-order chi connectivity index (χ0) is 29.1. The van der Waals surface area contributed by atoms with E-state index in [0.29, 0.717) is 36.9 Å². The molecule has 1 aromatic heterocycles. The first kappa shape index (κ1) is 28.3. The molecule has 8 nitrogen and oxygen atoms in total. The summed E-state index contributed by atoms with van der Waals surface area (Å²) in [6, 6.07) is 17.6. The van der Waals surface area contributed by atoms with E-state index in [1.54, 1.807) is 57.2 Å². The Bertz CT molecular complexity index is 1870. The van der Waals surface area contributed by atoms with E-state index in [9.17, 15) is 14.4 Å². The molecule has 3 aromatic carbocycles. The number of esters is 2. The SMILES string of the molecule is CCOC(=O)COc1ccc2ccccc2c1/C=c1\sc2n(c1=O)[C@H](c1ccccc1Cl)C(C(=O)OCC)=C(C)N=2. The quantitative estimate of drug-likeness (QED) is 0.280. The lowest BCUT2D eigenvalue weighted by atomic mass is 9.96. The molecule has 2 heterocycles. The lowest BCUT2D eigenvalue weighted by Crippen LogP contribution is -2.40. The number of hydrogen-bond acceptors (Lipinski definition) is 8. The molecule has 4 aromatic rings. The molecular formula is C31H27ClN2O6S. The molecule has 0 saturated heterocycles. The van der Waals surface area contributed by atoms with Crippen LogP contribution in [0, 0.1) is 0 Å². The minimum Gasteiger partial charge on any atom is -0.481 e. The van der Waals surface area contributed by atoms with Gasteiger partial charge in [0.15, 0.2) is 11.4 Å². The van der Waals surface area contributed by atoms with Gasteiger partial charge in [0.05, 0.1) is 29.0 Å². The van der Waals surface area contributed by atoms with Crippen LogP contribution in [0.25, 0.3) is 16.8 Å². The van der Waals surface area contributed by atoms with Gasteiger partial charge in [-0.1, -0.05) is 71.5 Å². The van der Waals surface area contributed by atoms with Gasteiger partial charge in [-0.25, -0.2) is 14.6 Å². The van der Waals surface area contributed by atoms with Crippen LogP contribution in [0.1, 0.15) is 37.9 Å². The van der Waals surface area contributed by atoms with Gasteiger partial charge in [0, 0.05) is 10.6 Å². The van der Waals surface area contributed by atoms with Crippen LogP contribution in [0.5, 0.6) is 5.75 Å². The van der Waals surface area contributed by atoms with Gasteiger partial charge in [-0.15, -0.1) is 0 Å². The second-order valence-electron chi connectivity index (χ2n) is 9.12. The van der Waals surface area contributed by atoms with Crippen LogP contribution in [0.4, 0.5) is 0 Å². The van der Waals surface area contributed by atoms with Crippen molar-refractivity contribution in [3.63, 3.8) is 0 Å². The van der Waals surface area contributed by atoms with Crippen molar-refractivity contribution in [1.82, 2.24) is 4.57 Å². The molecule has 0 unspecified atom stereocenters. The summed E-state index contributed by atoms with van der Waals surface area (Å²) >= 11 is 7.79. The maximum absolute atomic E-state index is 14.1. The number of nitrogens with zero attached hydrogens (tertiary/aromatic N) is 2. The molecule has 210 valence electrons. The number of hydrogen-bond donors (Lipinski definition) is 0. The lowest BCUT2D eigenvalue weighted by Gasteiger charge is -2.25. The van der Waals surface area contributed by atoms with E-state index >= 15 is 0 Å². The molecule has 0 N–H and O–H groups in total. The van der Waals surface area contributed by atoms with Crippen LogP contribution in [0.3, 0.4) is 0 Å². The molecule has 0 aliphatic carbocycles. The topological polar surface area (TPSA) is 96.2 Å². The Morgan fingerprint density at radius 3 is 2.51 bits per heavy atom. The number of benzene rings is 3. The number of halogens is 1. The second kappa shape index (κ2) is 12.1. The lowest BCUT2D eigenvalue weighted by molar-refractivity contribution is -0.145. The Labute approximate surface area is 244 Å². The molecule has 1 atom stereocenters. The van der Waals surface area contributed by atoms with Gasteiger partial charge < -0.3 is 14.2 Å². The highest BCUT2D eigenvalue weighted by atomic mass is 35.5. The molecule has 1 aliphatic rings. The first-order valence-corrected chi connectivity index (χ1v) is 14.3.